The van der Waals surface area contributed by atoms with E-state index in [1.165, 1.54) is 12.1 Å². The van der Waals surface area contributed by atoms with E-state index in [0.29, 0.717) is 32.0 Å². The van der Waals surface area contributed by atoms with Gasteiger partial charge >= 0.3 is 0 Å². The van der Waals surface area contributed by atoms with Gasteiger partial charge in [0.15, 0.2) is 0 Å². The highest BCUT2D eigenvalue weighted by Gasteiger charge is 2.23. The van der Waals surface area contributed by atoms with Gasteiger partial charge in [-0.2, -0.15) is 0 Å². The number of carbonyl (C=O) groups excluding carboxylic acids is 2. The molecule has 1 heterocycles. The van der Waals surface area contributed by atoms with Crippen molar-refractivity contribution in [3.63, 3.8) is 0 Å². The Hall–Kier alpha value is -2.68. The van der Waals surface area contributed by atoms with Gasteiger partial charge in [0.25, 0.3) is 11.6 Å². The van der Waals surface area contributed by atoms with Crippen LogP contribution in [-0.4, -0.2) is 55.1 Å². The summed E-state index contributed by atoms with van der Waals surface area (Å²) in [5.74, 6) is -0.858. The summed E-state index contributed by atoms with van der Waals surface area (Å²) in [6, 6.07) is 4.17. The molecule has 26 heavy (non-hydrogen) atoms. The number of hydrogen-bond acceptors (Lipinski definition) is 6. The lowest BCUT2D eigenvalue weighted by molar-refractivity contribution is -0.384. The molecule has 2 rings (SSSR count). The molecule has 9 heteroatoms. The number of benzene rings is 1. The Morgan fingerprint density at radius 3 is 2.50 bits per heavy atom. The molecule has 0 spiro atoms. The maximum atomic E-state index is 12.6. The number of morpholine rings is 1. The summed E-state index contributed by atoms with van der Waals surface area (Å²) < 4.78 is 5.31. The lowest BCUT2D eigenvalue weighted by atomic mass is 10.1. The average molecular weight is 364 g/mol. The molecule has 1 aliphatic rings. The van der Waals surface area contributed by atoms with Crippen molar-refractivity contribution in [2.45, 2.75) is 26.3 Å². The van der Waals surface area contributed by atoms with Gasteiger partial charge in [-0.25, -0.2) is 0 Å². The van der Waals surface area contributed by atoms with Gasteiger partial charge in [-0.1, -0.05) is 0 Å². The number of non-ortho nitro benzene ring substituents is 1. The summed E-state index contributed by atoms with van der Waals surface area (Å²) in [6.07, 6.45) is 0. The van der Waals surface area contributed by atoms with Gasteiger partial charge < -0.3 is 20.3 Å². The lowest BCUT2D eigenvalue weighted by Crippen LogP contribution is -2.46. The molecule has 1 aromatic rings. The van der Waals surface area contributed by atoms with E-state index in [-0.39, 0.29) is 23.7 Å². The van der Waals surface area contributed by atoms with Crippen molar-refractivity contribution < 1.29 is 19.2 Å². The van der Waals surface area contributed by atoms with Gasteiger partial charge in [-0.3, -0.25) is 19.7 Å². The first-order chi connectivity index (χ1) is 12.2. The minimum Gasteiger partial charge on any atom is -0.378 e. The molecule has 2 amide bonds. The maximum absolute atomic E-state index is 12.6. The summed E-state index contributed by atoms with van der Waals surface area (Å²) in [7, 11) is 0. The van der Waals surface area contributed by atoms with E-state index in [1.807, 2.05) is 25.7 Å². The normalized spacial score (nSPS) is 14.7. The number of nitrogens with zero attached hydrogens (tertiary/aromatic N) is 2. The number of carbonyl (C=O) groups is 2. The van der Waals surface area contributed by atoms with Crippen LogP contribution in [0.5, 0.6) is 0 Å². The number of nitrogens with one attached hydrogen (secondary N) is 2. The zero-order valence-corrected chi connectivity index (χ0v) is 15.2. The van der Waals surface area contributed by atoms with Gasteiger partial charge in [0, 0.05) is 30.8 Å². The third kappa shape index (κ3) is 5.41. The third-order valence-corrected chi connectivity index (χ3v) is 3.71. The van der Waals surface area contributed by atoms with Crippen LogP contribution < -0.4 is 15.5 Å². The van der Waals surface area contributed by atoms with Crippen molar-refractivity contribution in [2.75, 3.05) is 37.7 Å². The monoisotopic (exact) mass is 364 g/mol. The van der Waals surface area contributed by atoms with E-state index < -0.39 is 16.4 Å². The van der Waals surface area contributed by atoms with Crippen LogP contribution in [0.3, 0.4) is 0 Å². The van der Waals surface area contributed by atoms with Crippen molar-refractivity contribution in [3.8, 4) is 0 Å². The number of amides is 2. The van der Waals surface area contributed by atoms with E-state index in [2.05, 4.69) is 10.6 Å². The van der Waals surface area contributed by atoms with Crippen LogP contribution >= 0.6 is 0 Å². The lowest BCUT2D eigenvalue weighted by Gasteiger charge is -2.30. The van der Waals surface area contributed by atoms with E-state index >= 15 is 0 Å². The molecule has 142 valence electrons. The molecular weight excluding hydrogens is 340 g/mol. The molecule has 0 saturated carbocycles. The van der Waals surface area contributed by atoms with Crippen LogP contribution in [0.15, 0.2) is 18.2 Å². The molecular formula is C17H24N4O5. The zero-order chi connectivity index (χ0) is 19.3. The maximum Gasteiger partial charge on any atom is 0.270 e. The van der Waals surface area contributed by atoms with Crippen molar-refractivity contribution in [1.82, 2.24) is 10.6 Å². The van der Waals surface area contributed by atoms with Crippen LogP contribution in [0.25, 0.3) is 0 Å². The minimum absolute atomic E-state index is 0.171. The summed E-state index contributed by atoms with van der Waals surface area (Å²) in [5.41, 5.74) is 0.176. The Labute approximate surface area is 151 Å². The van der Waals surface area contributed by atoms with Gasteiger partial charge in [-0.05, 0) is 26.8 Å². The minimum atomic E-state index is -0.549. The Morgan fingerprint density at radius 2 is 1.92 bits per heavy atom. The summed E-state index contributed by atoms with van der Waals surface area (Å²) in [4.78, 5) is 36.9. The van der Waals surface area contributed by atoms with Crippen LogP contribution in [-0.2, 0) is 9.53 Å². The number of nitro groups is 1. The van der Waals surface area contributed by atoms with E-state index in [1.54, 1.807) is 6.07 Å². The largest absolute Gasteiger partial charge is 0.378 e. The number of rotatable bonds is 5. The third-order valence-electron chi connectivity index (χ3n) is 3.71. The predicted octanol–water partition coefficient (Wildman–Crippen LogP) is 1.08. The van der Waals surface area contributed by atoms with Crippen molar-refractivity contribution >= 4 is 23.2 Å². The second kappa shape index (κ2) is 8.13. The highest BCUT2D eigenvalue weighted by Crippen LogP contribution is 2.26. The van der Waals surface area contributed by atoms with Gasteiger partial charge in [0.1, 0.15) is 0 Å². The first kappa shape index (κ1) is 19.6. The first-order valence-electron chi connectivity index (χ1n) is 8.38. The molecule has 9 nitrogen and oxygen atoms in total. The quantitative estimate of drug-likeness (QED) is 0.597. The Balaban J connectivity index is 2.18. The highest BCUT2D eigenvalue weighted by molar-refractivity contribution is 6.02. The molecule has 1 aliphatic heterocycles. The van der Waals surface area contributed by atoms with Crippen molar-refractivity contribution in [2.24, 2.45) is 0 Å². The summed E-state index contributed by atoms with van der Waals surface area (Å²) >= 11 is 0. The second-order valence-electron chi connectivity index (χ2n) is 7.04. The SMILES string of the molecule is CC(C)(C)NC(=O)CNC(=O)c1cc([N+](=O)[O-])ccc1N1CCOCC1. The number of hydrogen-bond donors (Lipinski definition) is 2. The molecule has 1 aromatic carbocycles. The predicted molar refractivity (Wildman–Crippen MR) is 96.4 cm³/mol. The van der Waals surface area contributed by atoms with Crippen molar-refractivity contribution in [3.05, 3.63) is 33.9 Å². The van der Waals surface area contributed by atoms with Gasteiger partial charge in [0.05, 0.1) is 35.9 Å². The molecule has 1 fully saturated rings. The number of anilines is 1. The highest BCUT2D eigenvalue weighted by atomic mass is 16.6. The fourth-order valence-corrected chi connectivity index (χ4v) is 2.62. The topological polar surface area (TPSA) is 114 Å². The fourth-order valence-electron chi connectivity index (χ4n) is 2.62. The van der Waals surface area contributed by atoms with Crippen LogP contribution in [0.4, 0.5) is 11.4 Å². The molecule has 0 atom stereocenters. The zero-order valence-electron chi connectivity index (χ0n) is 15.2. The summed E-state index contributed by atoms with van der Waals surface area (Å²) in [6.45, 7) is 7.52. The number of nitro benzene ring substituents is 1. The standard InChI is InChI=1S/C17H24N4O5/c1-17(2,3)19-15(22)11-18-16(23)13-10-12(21(24)25)4-5-14(13)20-6-8-26-9-7-20/h4-5,10H,6-9,11H2,1-3H3,(H,18,23)(H,19,22). The van der Waals surface area contributed by atoms with E-state index in [4.69, 9.17) is 4.74 Å². The van der Waals surface area contributed by atoms with Crippen LogP contribution in [0.1, 0.15) is 31.1 Å². The second-order valence-corrected chi connectivity index (χ2v) is 7.04. The molecule has 0 aliphatic carbocycles. The Bertz CT molecular complexity index is 693. The van der Waals surface area contributed by atoms with E-state index in [0.717, 1.165) is 0 Å². The fraction of sp³-hybridized carbons (Fsp3) is 0.529. The number of ether oxygens (including phenoxy) is 1. The summed E-state index contributed by atoms with van der Waals surface area (Å²) in [5, 5.41) is 16.3. The molecule has 0 aromatic heterocycles. The Kier molecular flexibility index (Phi) is 6.14. The Morgan fingerprint density at radius 1 is 1.27 bits per heavy atom. The average Bonchev–Trinajstić information content (AvgIpc) is 2.58. The molecule has 0 bridgehead atoms. The molecule has 1 saturated heterocycles. The molecule has 0 unspecified atom stereocenters. The van der Waals surface area contributed by atoms with Crippen LogP contribution in [0.2, 0.25) is 0 Å². The first-order valence-corrected chi connectivity index (χ1v) is 8.38. The molecule has 2 N–H and O–H groups in total. The van der Waals surface area contributed by atoms with E-state index in [9.17, 15) is 19.7 Å². The van der Waals surface area contributed by atoms with Gasteiger partial charge in [-0.15, -0.1) is 0 Å². The van der Waals surface area contributed by atoms with Gasteiger partial charge in [0.2, 0.25) is 5.91 Å². The smallest absolute Gasteiger partial charge is 0.270 e. The molecule has 0 radical (unpaired) electrons. The van der Waals surface area contributed by atoms with Crippen molar-refractivity contribution in [1.29, 1.82) is 0 Å². The van der Waals surface area contributed by atoms with Crippen LogP contribution in [0, 0.1) is 10.1 Å².